The van der Waals surface area contributed by atoms with E-state index in [1.165, 1.54) is 0 Å². The van der Waals surface area contributed by atoms with Crippen LogP contribution in [-0.2, 0) is 16.0 Å². The molecular weight excluding hydrogens is 520 g/mol. The average Bonchev–Trinajstić information content (AvgIpc) is 3.49. The molecule has 9 heteroatoms. The van der Waals surface area contributed by atoms with Gasteiger partial charge in [-0.2, -0.15) is 0 Å². The second-order valence-corrected chi connectivity index (χ2v) is 10.8. The molecule has 0 bridgehead atoms. The van der Waals surface area contributed by atoms with E-state index in [1.807, 2.05) is 37.3 Å². The van der Waals surface area contributed by atoms with Crippen LogP contribution in [0.1, 0.15) is 55.0 Å². The summed E-state index contributed by atoms with van der Waals surface area (Å²) in [5, 5.41) is 1.20. The quantitative estimate of drug-likeness (QED) is 0.270. The summed E-state index contributed by atoms with van der Waals surface area (Å²) in [6.45, 7) is 9.19. The standard InChI is InChI=1S/C30H29ClN2O6/c1-6-36-28(34)26-27(39-29(35)30(3,4)5)23-16(2)24(18-8-10-19(31)11-9-18)33-25(23)20(32-26)13-17-7-12-21-22(14-17)38-15-37-21/h7-12,14,33H,6,13,15H2,1-5H3. The van der Waals surface area contributed by atoms with Gasteiger partial charge < -0.3 is 23.9 Å². The number of aryl methyl sites for hydroxylation is 1. The third kappa shape index (κ3) is 5.16. The van der Waals surface area contributed by atoms with E-state index in [4.69, 9.17) is 35.5 Å². The zero-order valence-corrected chi connectivity index (χ0v) is 23.2. The minimum atomic E-state index is -0.813. The van der Waals surface area contributed by atoms with Gasteiger partial charge in [0.1, 0.15) is 0 Å². The van der Waals surface area contributed by atoms with E-state index in [1.54, 1.807) is 39.8 Å². The van der Waals surface area contributed by atoms with Crippen LogP contribution in [0.2, 0.25) is 5.02 Å². The van der Waals surface area contributed by atoms with Crippen molar-refractivity contribution < 1.29 is 28.5 Å². The largest absolute Gasteiger partial charge is 0.461 e. The normalized spacial score (nSPS) is 12.6. The Morgan fingerprint density at radius 2 is 1.79 bits per heavy atom. The Morgan fingerprint density at radius 1 is 1.08 bits per heavy atom. The fraction of sp³-hybridized carbons (Fsp3) is 0.300. The molecule has 1 aliphatic heterocycles. The summed E-state index contributed by atoms with van der Waals surface area (Å²) in [4.78, 5) is 34.5. The number of pyridine rings is 1. The van der Waals surface area contributed by atoms with E-state index >= 15 is 0 Å². The van der Waals surface area contributed by atoms with Crippen LogP contribution < -0.4 is 14.2 Å². The first kappa shape index (κ1) is 26.6. The molecule has 3 heterocycles. The Bertz CT molecular complexity index is 1580. The summed E-state index contributed by atoms with van der Waals surface area (Å²) in [5.74, 6) is 0.237. The predicted octanol–water partition coefficient (Wildman–Crippen LogP) is 6.64. The number of carbonyl (C=O) groups excluding carboxylic acids is 2. The van der Waals surface area contributed by atoms with Gasteiger partial charge in [-0.3, -0.25) is 4.79 Å². The minimum absolute atomic E-state index is 0.0533. The summed E-state index contributed by atoms with van der Waals surface area (Å²) in [6, 6.07) is 13.1. The van der Waals surface area contributed by atoms with Crippen molar-refractivity contribution in [2.75, 3.05) is 13.4 Å². The van der Waals surface area contributed by atoms with Gasteiger partial charge in [0.15, 0.2) is 22.9 Å². The molecule has 2 aromatic heterocycles. The topological polar surface area (TPSA) is 99.7 Å². The van der Waals surface area contributed by atoms with Gasteiger partial charge >= 0.3 is 11.9 Å². The molecule has 202 valence electrons. The van der Waals surface area contributed by atoms with E-state index in [0.29, 0.717) is 39.5 Å². The zero-order valence-electron chi connectivity index (χ0n) is 22.4. The molecule has 0 aliphatic carbocycles. The third-order valence-electron chi connectivity index (χ3n) is 6.44. The fourth-order valence-electron chi connectivity index (χ4n) is 4.41. The number of rotatable bonds is 6. The van der Waals surface area contributed by atoms with Gasteiger partial charge in [-0.05, 0) is 75.6 Å². The average molecular weight is 549 g/mol. The highest BCUT2D eigenvalue weighted by Gasteiger charge is 2.31. The molecule has 39 heavy (non-hydrogen) atoms. The van der Waals surface area contributed by atoms with Crippen molar-refractivity contribution in [1.82, 2.24) is 9.97 Å². The number of H-pyrrole nitrogens is 1. The maximum Gasteiger partial charge on any atom is 0.360 e. The molecule has 0 amide bonds. The Labute approximate surface area is 231 Å². The summed E-state index contributed by atoms with van der Waals surface area (Å²) < 4.78 is 22.3. The van der Waals surface area contributed by atoms with Gasteiger partial charge in [0, 0.05) is 17.1 Å². The highest BCUT2D eigenvalue weighted by Crippen LogP contribution is 2.41. The van der Waals surface area contributed by atoms with Crippen LogP contribution in [0.15, 0.2) is 42.5 Å². The van der Waals surface area contributed by atoms with Crippen LogP contribution >= 0.6 is 11.6 Å². The Morgan fingerprint density at radius 3 is 2.49 bits per heavy atom. The number of nitrogens with one attached hydrogen (secondary N) is 1. The molecular formula is C30H29ClN2O6. The molecule has 1 aliphatic rings. The van der Waals surface area contributed by atoms with Gasteiger partial charge in [0.05, 0.1) is 28.6 Å². The monoisotopic (exact) mass is 548 g/mol. The van der Waals surface area contributed by atoms with Crippen LogP contribution in [0.4, 0.5) is 0 Å². The van der Waals surface area contributed by atoms with Crippen molar-refractivity contribution in [3.05, 3.63) is 70.0 Å². The summed E-state index contributed by atoms with van der Waals surface area (Å²) >= 11 is 6.14. The molecule has 1 N–H and O–H groups in total. The molecule has 8 nitrogen and oxygen atoms in total. The van der Waals surface area contributed by atoms with Gasteiger partial charge in [-0.1, -0.05) is 29.8 Å². The van der Waals surface area contributed by atoms with E-state index in [2.05, 4.69) is 4.98 Å². The lowest BCUT2D eigenvalue weighted by Gasteiger charge is -2.19. The van der Waals surface area contributed by atoms with Gasteiger partial charge in [0.25, 0.3) is 0 Å². The molecule has 2 aromatic carbocycles. The molecule has 0 fully saturated rings. The number of ether oxygens (including phenoxy) is 4. The maximum atomic E-state index is 13.2. The smallest absolute Gasteiger partial charge is 0.360 e. The van der Waals surface area contributed by atoms with Crippen LogP contribution in [-0.4, -0.2) is 35.3 Å². The van der Waals surface area contributed by atoms with Crippen LogP contribution in [0, 0.1) is 12.3 Å². The lowest BCUT2D eigenvalue weighted by atomic mass is 9.97. The van der Waals surface area contributed by atoms with Crippen LogP contribution in [0.3, 0.4) is 0 Å². The van der Waals surface area contributed by atoms with E-state index in [-0.39, 0.29) is 24.8 Å². The third-order valence-corrected chi connectivity index (χ3v) is 6.70. The summed E-state index contributed by atoms with van der Waals surface area (Å²) in [7, 11) is 0. The molecule has 0 spiro atoms. The van der Waals surface area contributed by atoms with Crippen molar-refractivity contribution >= 4 is 34.4 Å². The van der Waals surface area contributed by atoms with Crippen molar-refractivity contribution in [2.45, 2.75) is 41.0 Å². The van der Waals surface area contributed by atoms with E-state index in [0.717, 1.165) is 22.4 Å². The molecule has 0 atom stereocenters. The first-order valence-electron chi connectivity index (χ1n) is 12.7. The second kappa shape index (κ2) is 10.3. The van der Waals surface area contributed by atoms with E-state index < -0.39 is 17.4 Å². The summed E-state index contributed by atoms with van der Waals surface area (Å²) in [5.41, 5.74) is 3.75. The number of esters is 2. The van der Waals surface area contributed by atoms with E-state index in [9.17, 15) is 9.59 Å². The molecule has 5 rings (SSSR count). The maximum absolute atomic E-state index is 13.2. The number of aromatic nitrogens is 2. The number of halogens is 1. The SMILES string of the molecule is CCOC(=O)c1nc(Cc2ccc3c(c2)OCO3)c2[nH]c(-c3ccc(Cl)cc3)c(C)c2c1OC(=O)C(C)(C)C. The number of fused-ring (bicyclic) bond motifs is 2. The van der Waals surface area contributed by atoms with Crippen molar-refractivity contribution in [2.24, 2.45) is 5.41 Å². The van der Waals surface area contributed by atoms with Gasteiger partial charge in [-0.25, -0.2) is 9.78 Å². The van der Waals surface area contributed by atoms with Gasteiger partial charge in [0.2, 0.25) is 6.79 Å². The molecule has 0 radical (unpaired) electrons. The summed E-state index contributed by atoms with van der Waals surface area (Å²) in [6.07, 6.45) is 0.368. The van der Waals surface area contributed by atoms with Crippen LogP contribution in [0.5, 0.6) is 17.2 Å². The molecule has 0 saturated carbocycles. The molecule has 0 saturated heterocycles. The zero-order chi connectivity index (χ0) is 27.9. The number of hydrogen-bond donors (Lipinski definition) is 1. The number of benzene rings is 2. The Balaban J connectivity index is 1.75. The first-order valence-corrected chi connectivity index (χ1v) is 13.0. The van der Waals surface area contributed by atoms with Gasteiger partial charge in [-0.15, -0.1) is 0 Å². The van der Waals surface area contributed by atoms with Crippen molar-refractivity contribution in [3.63, 3.8) is 0 Å². The number of aromatic amines is 1. The molecule has 4 aromatic rings. The number of nitrogens with zero attached hydrogens (tertiary/aromatic N) is 1. The highest BCUT2D eigenvalue weighted by molar-refractivity contribution is 6.30. The minimum Gasteiger partial charge on any atom is -0.461 e. The highest BCUT2D eigenvalue weighted by atomic mass is 35.5. The second-order valence-electron chi connectivity index (χ2n) is 10.3. The molecule has 0 unspecified atom stereocenters. The first-order chi connectivity index (χ1) is 18.6. The number of carbonyl (C=O) groups is 2. The fourth-order valence-corrected chi connectivity index (χ4v) is 4.54. The van der Waals surface area contributed by atoms with Crippen molar-refractivity contribution in [1.29, 1.82) is 0 Å². The number of hydrogen-bond acceptors (Lipinski definition) is 7. The lowest BCUT2D eigenvalue weighted by molar-refractivity contribution is -0.142. The Hall–Kier alpha value is -4.04. The van der Waals surface area contributed by atoms with Crippen molar-refractivity contribution in [3.8, 4) is 28.5 Å². The Kier molecular flexibility index (Phi) is 6.99. The van der Waals surface area contributed by atoms with Crippen LogP contribution in [0.25, 0.3) is 22.2 Å². The lowest BCUT2D eigenvalue weighted by Crippen LogP contribution is -2.27. The predicted molar refractivity (Wildman–Crippen MR) is 148 cm³/mol.